The summed E-state index contributed by atoms with van der Waals surface area (Å²) < 4.78 is 1.28. The highest BCUT2D eigenvalue weighted by molar-refractivity contribution is 7.71. The van der Waals surface area contributed by atoms with Crippen LogP contribution in [0.3, 0.4) is 0 Å². The third kappa shape index (κ3) is 3.70. The predicted molar refractivity (Wildman–Crippen MR) is 79.1 cm³/mol. The van der Waals surface area contributed by atoms with Gasteiger partial charge in [-0.25, -0.2) is 5.10 Å². The summed E-state index contributed by atoms with van der Waals surface area (Å²) in [4.78, 5) is 11.8. The van der Waals surface area contributed by atoms with Gasteiger partial charge in [-0.2, -0.15) is 4.68 Å². The minimum atomic E-state index is -0.768. The second-order valence-electron chi connectivity index (χ2n) is 4.31. The predicted octanol–water partition coefficient (Wildman–Crippen LogP) is -0.627. The van der Waals surface area contributed by atoms with Gasteiger partial charge in [0.15, 0.2) is 0 Å². The largest absolute Gasteiger partial charge is 0.508 e. The lowest BCUT2D eigenvalue weighted by molar-refractivity contribution is -0.121. The number of aromatic amines is 1. The monoisotopic (exact) mass is 309 g/mol. The van der Waals surface area contributed by atoms with E-state index in [9.17, 15) is 9.90 Å². The van der Waals surface area contributed by atoms with Crippen molar-refractivity contribution in [2.75, 3.05) is 11.3 Å². The molecule has 0 saturated carbocycles. The van der Waals surface area contributed by atoms with Gasteiger partial charge in [0, 0.05) is 0 Å². The fourth-order valence-electron chi connectivity index (χ4n) is 1.58. The molecule has 1 aromatic carbocycles. The van der Waals surface area contributed by atoms with E-state index in [0.717, 1.165) is 10.2 Å². The number of nitrogens with one attached hydrogen (secondary N) is 3. The Morgan fingerprint density at radius 1 is 1.48 bits per heavy atom. The Bertz CT molecular complexity index is 679. The molecule has 1 heterocycles. The summed E-state index contributed by atoms with van der Waals surface area (Å²) in [7, 11) is 0. The Morgan fingerprint density at radius 2 is 2.14 bits per heavy atom. The number of aromatic hydroxyl groups is 1. The van der Waals surface area contributed by atoms with E-state index in [1.807, 2.05) is 0 Å². The topological polar surface area (TPSA) is 147 Å². The van der Waals surface area contributed by atoms with Gasteiger partial charge in [0.25, 0.3) is 11.9 Å². The number of amides is 1. The number of carbonyl (C=O) groups is 1. The van der Waals surface area contributed by atoms with Crippen LogP contribution < -0.4 is 22.4 Å². The Morgan fingerprint density at radius 3 is 2.71 bits per heavy atom. The maximum Gasteiger partial charge on any atom is 0.260 e. The molecule has 0 aliphatic rings. The summed E-state index contributed by atoms with van der Waals surface area (Å²) in [6.45, 7) is 0. The molecule has 0 bridgehead atoms. The fraction of sp³-hybridized carbons (Fsp3) is 0.182. The van der Waals surface area contributed by atoms with E-state index >= 15 is 0 Å². The summed E-state index contributed by atoms with van der Waals surface area (Å²) in [6, 6.07) is 5.69. The van der Waals surface area contributed by atoms with Crippen LogP contribution >= 0.6 is 12.2 Å². The second kappa shape index (κ2) is 6.24. The van der Waals surface area contributed by atoms with Gasteiger partial charge in [-0.15, -0.1) is 5.10 Å². The first-order valence-electron chi connectivity index (χ1n) is 5.99. The van der Waals surface area contributed by atoms with Crippen LogP contribution in [0.5, 0.6) is 5.75 Å². The second-order valence-corrected chi connectivity index (χ2v) is 4.70. The number of rotatable bonds is 5. The zero-order valence-electron chi connectivity index (χ0n) is 10.9. The Balaban J connectivity index is 1.89. The van der Waals surface area contributed by atoms with Crippen molar-refractivity contribution in [3.63, 3.8) is 0 Å². The normalized spacial score (nSPS) is 11.9. The average Bonchev–Trinajstić information content (AvgIpc) is 2.78. The number of nitrogens with two attached hydrogens (primary N) is 2. The summed E-state index contributed by atoms with van der Waals surface area (Å²) in [5.41, 5.74) is 11.5. The average molecular weight is 309 g/mol. The molecule has 10 heteroatoms. The minimum absolute atomic E-state index is 0.157. The molecule has 0 radical (unpaired) electrons. The molecule has 8 N–H and O–H groups in total. The summed E-state index contributed by atoms with van der Waals surface area (Å²) >= 11 is 4.82. The van der Waals surface area contributed by atoms with Crippen molar-refractivity contribution in [2.24, 2.45) is 5.73 Å². The van der Waals surface area contributed by atoms with Crippen molar-refractivity contribution >= 4 is 24.1 Å². The number of nitrogen functional groups attached to an aromatic ring is 1. The van der Waals surface area contributed by atoms with Gasteiger partial charge in [0.2, 0.25) is 4.77 Å². The van der Waals surface area contributed by atoms with E-state index < -0.39 is 11.9 Å². The Kier molecular flexibility index (Phi) is 4.40. The van der Waals surface area contributed by atoms with E-state index in [1.165, 1.54) is 12.1 Å². The number of hydrogen-bond donors (Lipinski definition) is 6. The first-order valence-corrected chi connectivity index (χ1v) is 6.40. The van der Waals surface area contributed by atoms with Crippen molar-refractivity contribution in [3.8, 4) is 5.75 Å². The molecule has 1 amide bonds. The zero-order chi connectivity index (χ0) is 15.4. The molecule has 0 aliphatic carbocycles. The smallest absolute Gasteiger partial charge is 0.260 e. The highest BCUT2D eigenvalue weighted by atomic mass is 32.1. The van der Waals surface area contributed by atoms with Crippen molar-refractivity contribution in [1.82, 2.24) is 20.3 Å². The third-order valence-corrected chi connectivity index (χ3v) is 3.02. The SMILES string of the molecule is NC(Cc1ccc(O)cc1)C(=O)NNc1n[nH]c(=S)n1N. The number of phenolic OH excluding ortho intramolecular Hbond substituents is 1. The van der Waals surface area contributed by atoms with Crippen LogP contribution in [0, 0.1) is 4.77 Å². The minimum Gasteiger partial charge on any atom is -0.508 e. The van der Waals surface area contributed by atoms with Crippen LogP contribution in [0.4, 0.5) is 5.95 Å². The van der Waals surface area contributed by atoms with Crippen LogP contribution in [-0.2, 0) is 11.2 Å². The first kappa shape index (κ1) is 14.8. The number of aromatic nitrogens is 3. The molecule has 0 fully saturated rings. The van der Waals surface area contributed by atoms with Crippen molar-refractivity contribution in [3.05, 3.63) is 34.6 Å². The fourth-order valence-corrected chi connectivity index (χ4v) is 1.71. The molecule has 9 nitrogen and oxygen atoms in total. The molecule has 2 aromatic rings. The van der Waals surface area contributed by atoms with Crippen LogP contribution in [0.1, 0.15) is 5.56 Å². The molecule has 21 heavy (non-hydrogen) atoms. The van der Waals surface area contributed by atoms with Gasteiger partial charge in [0.05, 0.1) is 6.04 Å². The molecule has 1 atom stereocenters. The Labute approximate surface area is 124 Å². The number of anilines is 1. The van der Waals surface area contributed by atoms with Gasteiger partial charge >= 0.3 is 0 Å². The van der Waals surface area contributed by atoms with Crippen LogP contribution in [0.25, 0.3) is 0 Å². The molecular formula is C11H15N7O2S. The molecule has 0 saturated heterocycles. The zero-order valence-corrected chi connectivity index (χ0v) is 11.7. The maximum absolute atomic E-state index is 11.8. The van der Waals surface area contributed by atoms with E-state index in [1.54, 1.807) is 12.1 Å². The number of hydrazine groups is 1. The van der Waals surface area contributed by atoms with Crippen LogP contribution in [-0.4, -0.2) is 31.9 Å². The van der Waals surface area contributed by atoms with Gasteiger partial charge < -0.3 is 16.7 Å². The number of benzene rings is 1. The highest BCUT2D eigenvalue weighted by Gasteiger charge is 2.14. The lowest BCUT2D eigenvalue weighted by Crippen LogP contribution is -2.45. The van der Waals surface area contributed by atoms with Crippen LogP contribution in [0.15, 0.2) is 24.3 Å². The van der Waals surface area contributed by atoms with Crippen molar-refractivity contribution in [2.45, 2.75) is 12.5 Å². The van der Waals surface area contributed by atoms with E-state index in [0.29, 0.717) is 6.42 Å². The standard InChI is InChI=1S/C11H15N7O2S/c12-8(5-6-1-3-7(19)4-2-6)9(20)14-15-10-16-17-11(21)18(10)13/h1-4,8,19H,5,12-13H2,(H,14,20)(H,15,16)(H,17,21). The Hall–Kier alpha value is -2.59. The molecule has 1 aromatic heterocycles. The molecule has 112 valence electrons. The van der Waals surface area contributed by atoms with Gasteiger partial charge in [-0.3, -0.25) is 15.6 Å². The number of H-pyrrole nitrogens is 1. The summed E-state index contributed by atoms with van der Waals surface area (Å²) in [5.74, 6) is 5.43. The molecular weight excluding hydrogens is 294 g/mol. The molecule has 1 unspecified atom stereocenters. The summed E-state index contributed by atoms with van der Waals surface area (Å²) in [6.07, 6.45) is 0.323. The van der Waals surface area contributed by atoms with Crippen LogP contribution in [0.2, 0.25) is 0 Å². The first-order chi connectivity index (χ1) is 9.97. The van der Waals surface area contributed by atoms with E-state index in [-0.39, 0.29) is 16.5 Å². The van der Waals surface area contributed by atoms with Crippen molar-refractivity contribution in [1.29, 1.82) is 0 Å². The maximum atomic E-state index is 11.8. The summed E-state index contributed by atoms with van der Waals surface area (Å²) in [5, 5.41) is 15.4. The highest BCUT2D eigenvalue weighted by Crippen LogP contribution is 2.10. The number of hydrogen-bond acceptors (Lipinski definition) is 7. The molecule has 0 spiro atoms. The van der Waals surface area contributed by atoms with E-state index in [2.05, 4.69) is 21.0 Å². The lowest BCUT2D eigenvalue weighted by Gasteiger charge is -2.13. The molecule has 2 rings (SSSR count). The quantitative estimate of drug-likeness (QED) is 0.245. The third-order valence-electron chi connectivity index (χ3n) is 2.73. The van der Waals surface area contributed by atoms with Gasteiger partial charge in [-0.1, -0.05) is 12.1 Å². The number of phenols is 1. The number of nitrogens with zero attached hydrogens (tertiary/aromatic N) is 2. The molecule has 0 aliphatic heterocycles. The van der Waals surface area contributed by atoms with Crippen molar-refractivity contribution < 1.29 is 9.90 Å². The van der Waals surface area contributed by atoms with Gasteiger partial charge in [0.1, 0.15) is 5.75 Å². The van der Waals surface area contributed by atoms with E-state index in [4.69, 9.17) is 23.8 Å². The lowest BCUT2D eigenvalue weighted by atomic mass is 10.1. The number of carbonyl (C=O) groups excluding carboxylic acids is 1. The van der Waals surface area contributed by atoms with Gasteiger partial charge in [-0.05, 0) is 36.3 Å².